The molecule has 3 aromatic rings. The molecule has 6 nitrogen and oxygen atoms in total. The van der Waals surface area contributed by atoms with E-state index in [9.17, 15) is 0 Å². The maximum atomic E-state index is 5.92. The van der Waals surface area contributed by atoms with Gasteiger partial charge in [-0.3, -0.25) is 0 Å². The lowest BCUT2D eigenvalue weighted by molar-refractivity contribution is 0.200. The van der Waals surface area contributed by atoms with Crippen LogP contribution in [0.3, 0.4) is 0 Å². The van der Waals surface area contributed by atoms with Crippen LogP contribution in [0.15, 0.2) is 33.8 Å². The fraction of sp³-hybridized carbons (Fsp3) is 0.286. The summed E-state index contributed by atoms with van der Waals surface area (Å²) in [6.45, 7) is 0.617. The first-order chi connectivity index (χ1) is 11.2. The third-order valence-electron chi connectivity index (χ3n) is 3.10. The van der Waals surface area contributed by atoms with E-state index < -0.39 is 0 Å². The summed E-state index contributed by atoms with van der Waals surface area (Å²) in [4.78, 5) is 4.47. The van der Waals surface area contributed by atoms with Crippen LogP contribution in [0, 0.1) is 0 Å². The van der Waals surface area contributed by atoms with Crippen LogP contribution in [0.2, 0.25) is 5.02 Å². The molecule has 1 aromatic carbocycles. The zero-order valence-corrected chi connectivity index (χ0v) is 15.0. The fourth-order valence-corrected chi connectivity index (χ4v) is 3.59. The van der Waals surface area contributed by atoms with Gasteiger partial charge in [-0.25, -0.2) is 4.98 Å². The second-order valence-corrected chi connectivity index (χ2v) is 7.10. The van der Waals surface area contributed by atoms with Crippen LogP contribution in [0.5, 0.6) is 0 Å². The standard InChI is InChI=1S/C14H14ClN5OS2/c1-20-12(9-3-5-10(15)6-4-9)17-18-13(20)22-14-16-11(19-23-14)7-8-21-2/h3-6H,7-8H2,1-2H3. The number of halogens is 1. The Morgan fingerprint density at radius 1 is 1.26 bits per heavy atom. The van der Waals surface area contributed by atoms with Crippen molar-refractivity contribution in [1.29, 1.82) is 0 Å². The molecular weight excluding hydrogens is 354 g/mol. The molecule has 120 valence electrons. The van der Waals surface area contributed by atoms with Crippen molar-refractivity contribution in [2.24, 2.45) is 7.05 Å². The van der Waals surface area contributed by atoms with Crippen LogP contribution in [0.4, 0.5) is 0 Å². The first-order valence-electron chi connectivity index (χ1n) is 6.82. The largest absolute Gasteiger partial charge is 0.384 e. The number of hydrogen-bond donors (Lipinski definition) is 0. The van der Waals surface area contributed by atoms with Crippen molar-refractivity contribution < 1.29 is 4.74 Å². The Morgan fingerprint density at radius 3 is 2.78 bits per heavy atom. The summed E-state index contributed by atoms with van der Waals surface area (Å²) >= 11 is 8.73. The van der Waals surface area contributed by atoms with Gasteiger partial charge in [-0.1, -0.05) is 11.6 Å². The van der Waals surface area contributed by atoms with E-state index in [-0.39, 0.29) is 0 Å². The Balaban J connectivity index is 1.76. The third kappa shape index (κ3) is 3.89. The highest BCUT2D eigenvalue weighted by molar-refractivity contribution is 8.00. The first kappa shape index (κ1) is 16.4. The topological polar surface area (TPSA) is 65.7 Å². The average Bonchev–Trinajstić information content (AvgIpc) is 3.14. The highest BCUT2D eigenvalue weighted by Crippen LogP contribution is 2.30. The lowest BCUT2D eigenvalue weighted by atomic mass is 10.2. The molecular formula is C14H14ClN5OS2. The first-order valence-corrected chi connectivity index (χ1v) is 8.79. The van der Waals surface area contributed by atoms with Crippen LogP contribution < -0.4 is 0 Å². The summed E-state index contributed by atoms with van der Waals surface area (Å²) in [7, 11) is 3.60. The van der Waals surface area contributed by atoms with Crippen molar-refractivity contribution in [2.75, 3.05) is 13.7 Å². The van der Waals surface area contributed by atoms with Crippen molar-refractivity contribution in [3.05, 3.63) is 35.1 Å². The highest BCUT2D eigenvalue weighted by atomic mass is 35.5. The Morgan fingerprint density at radius 2 is 2.04 bits per heavy atom. The van der Waals surface area contributed by atoms with E-state index in [1.807, 2.05) is 35.9 Å². The van der Waals surface area contributed by atoms with Gasteiger partial charge in [0.25, 0.3) is 0 Å². The molecule has 2 heterocycles. The molecule has 0 N–H and O–H groups in total. The quantitative estimate of drug-likeness (QED) is 0.665. The van der Waals surface area contributed by atoms with Crippen LogP contribution in [0.25, 0.3) is 11.4 Å². The van der Waals surface area contributed by atoms with E-state index in [0.29, 0.717) is 18.1 Å². The van der Waals surface area contributed by atoms with Gasteiger partial charge in [0.15, 0.2) is 15.3 Å². The zero-order chi connectivity index (χ0) is 16.2. The van der Waals surface area contributed by atoms with Crippen LogP contribution in [-0.2, 0) is 18.2 Å². The van der Waals surface area contributed by atoms with E-state index in [2.05, 4.69) is 19.6 Å². The molecule has 0 unspecified atom stereocenters. The van der Waals surface area contributed by atoms with E-state index in [1.54, 1.807) is 7.11 Å². The molecule has 0 aliphatic rings. The summed E-state index contributed by atoms with van der Waals surface area (Å²) in [5.41, 5.74) is 0.967. The fourth-order valence-electron chi connectivity index (χ4n) is 1.91. The van der Waals surface area contributed by atoms with Gasteiger partial charge in [0.1, 0.15) is 5.82 Å². The lowest BCUT2D eigenvalue weighted by Gasteiger charge is -2.02. The minimum absolute atomic E-state index is 0.617. The maximum Gasteiger partial charge on any atom is 0.198 e. The Kier molecular flexibility index (Phi) is 5.27. The van der Waals surface area contributed by atoms with Gasteiger partial charge in [0.05, 0.1) is 6.61 Å². The smallest absolute Gasteiger partial charge is 0.198 e. The highest BCUT2D eigenvalue weighted by Gasteiger charge is 2.14. The number of hydrogen-bond acceptors (Lipinski definition) is 7. The van der Waals surface area contributed by atoms with E-state index in [4.69, 9.17) is 16.3 Å². The predicted octanol–water partition coefficient (Wildman–Crippen LogP) is 3.33. The average molecular weight is 368 g/mol. The molecule has 9 heteroatoms. The van der Waals surface area contributed by atoms with Crippen molar-refractivity contribution in [1.82, 2.24) is 24.1 Å². The summed E-state index contributed by atoms with van der Waals surface area (Å²) in [5.74, 6) is 1.58. The molecule has 0 aliphatic heterocycles. The van der Waals surface area contributed by atoms with Crippen LogP contribution >= 0.6 is 34.9 Å². The summed E-state index contributed by atoms with van der Waals surface area (Å²) in [5, 5.41) is 9.96. The third-order valence-corrected chi connectivity index (χ3v) is 5.17. The molecule has 0 aliphatic carbocycles. The zero-order valence-electron chi connectivity index (χ0n) is 12.6. The van der Waals surface area contributed by atoms with Crippen molar-refractivity contribution >= 4 is 34.9 Å². The summed E-state index contributed by atoms with van der Waals surface area (Å²) in [6, 6.07) is 7.53. The van der Waals surface area contributed by atoms with Gasteiger partial charge in [-0.15, -0.1) is 10.2 Å². The van der Waals surface area contributed by atoms with Gasteiger partial charge in [-0.05, 0) is 47.6 Å². The Bertz CT molecular complexity index is 787. The van der Waals surface area contributed by atoms with Crippen molar-refractivity contribution in [2.45, 2.75) is 15.9 Å². The van der Waals surface area contributed by atoms with Gasteiger partial charge in [0, 0.05) is 31.2 Å². The molecule has 0 spiro atoms. The molecule has 0 fully saturated rings. The predicted molar refractivity (Wildman–Crippen MR) is 91.1 cm³/mol. The molecule has 0 radical (unpaired) electrons. The molecule has 23 heavy (non-hydrogen) atoms. The van der Waals surface area contributed by atoms with E-state index in [0.717, 1.165) is 26.7 Å². The number of benzene rings is 1. The van der Waals surface area contributed by atoms with Gasteiger partial charge < -0.3 is 9.30 Å². The number of ether oxygens (including phenoxy) is 1. The van der Waals surface area contributed by atoms with Gasteiger partial charge in [0.2, 0.25) is 0 Å². The maximum absolute atomic E-state index is 5.92. The van der Waals surface area contributed by atoms with E-state index in [1.165, 1.54) is 23.3 Å². The lowest BCUT2D eigenvalue weighted by Crippen LogP contribution is -1.96. The number of nitrogens with zero attached hydrogens (tertiary/aromatic N) is 5. The second kappa shape index (κ2) is 7.39. The van der Waals surface area contributed by atoms with Crippen molar-refractivity contribution in [3.8, 4) is 11.4 Å². The Labute approximate surface area is 147 Å². The van der Waals surface area contributed by atoms with Gasteiger partial charge in [-0.2, -0.15) is 4.37 Å². The number of aromatic nitrogens is 5. The monoisotopic (exact) mass is 367 g/mol. The normalized spacial score (nSPS) is 11.1. The molecule has 3 rings (SSSR count). The van der Waals surface area contributed by atoms with E-state index >= 15 is 0 Å². The molecule has 0 atom stereocenters. The molecule has 0 bridgehead atoms. The summed E-state index contributed by atoms with van der Waals surface area (Å²) < 4.78 is 12.1. The molecule has 0 amide bonds. The summed E-state index contributed by atoms with van der Waals surface area (Å²) in [6.07, 6.45) is 0.711. The minimum Gasteiger partial charge on any atom is -0.384 e. The molecule has 2 aromatic heterocycles. The SMILES string of the molecule is COCCc1nsc(Sc2nnc(-c3ccc(Cl)cc3)n2C)n1. The molecule has 0 saturated carbocycles. The Hall–Kier alpha value is -1.48. The van der Waals surface area contributed by atoms with Crippen LogP contribution in [-0.4, -0.2) is 37.8 Å². The van der Waals surface area contributed by atoms with Gasteiger partial charge >= 0.3 is 0 Å². The second-order valence-electron chi connectivity index (χ2n) is 4.69. The van der Waals surface area contributed by atoms with Crippen LogP contribution in [0.1, 0.15) is 5.82 Å². The molecule has 0 saturated heterocycles. The minimum atomic E-state index is 0.617. The number of rotatable bonds is 6. The van der Waals surface area contributed by atoms with Crippen molar-refractivity contribution in [3.63, 3.8) is 0 Å². The number of methoxy groups -OCH3 is 1.